The van der Waals surface area contributed by atoms with Crippen molar-refractivity contribution < 1.29 is 22.5 Å². The van der Waals surface area contributed by atoms with Gasteiger partial charge in [-0.1, -0.05) is 6.08 Å². The summed E-state index contributed by atoms with van der Waals surface area (Å²) in [6.07, 6.45) is 6.18. The van der Waals surface area contributed by atoms with Crippen LogP contribution in [0.4, 0.5) is 13.2 Å². The minimum atomic E-state index is -3.50. The Morgan fingerprint density at radius 1 is 1.48 bits per heavy atom. The molecule has 0 amide bonds. The second-order valence-corrected chi connectivity index (χ2v) is 6.56. The first-order chi connectivity index (χ1) is 11.0. The Hall–Kier alpha value is -1.67. The molecule has 0 aliphatic carbocycles. The van der Waals surface area contributed by atoms with Crippen LogP contribution in [0.2, 0.25) is 0 Å². The van der Waals surface area contributed by atoms with Gasteiger partial charge in [-0.25, -0.2) is 4.39 Å². The third-order valence-corrected chi connectivity index (χ3v) is 4.47. The van der Waals surface area contributed by atoms with Gasteiger partial charge in [0.15, 0.2) is 18.2 Å². The third kappa shape index (κ3) is 4.65. The molecule has 8 heteroatoms. The lowest BCUT2D eigenvalue weighted by atomic mass is 10.1. The standard InChI is InChI=1S/C15H17F3N2O2S/c1-2-23(21)13-4-3-7-19-14(13)12-6-5-11(8-20-12)22-10-15(17,18)9-16/h3-8,12,20H,2,9-10H2,1H3. The van der Waals surface area contributed by atoms with Crippen LogP contribution in [0.1, 0.15) is 18.7 Å². The normalized spacial score (nSPS) is 19.0. The minimum absolute atomic E-state index is 0.170. The van der Waals surface area contributed by atoms with Crippen molar-refractivity contribution in [2.75, 3.05) is 19.0 Å². The van der Waals surface area contributed by atoms with Crippen molar-refractivity contribution in [2.24, 2.45) is 0 Å². The van der Waals surface area contributed by atoms with Crippen molar-refractivity contribution in [1.29, 1.82) is 0 Å². The molecular formula is C15H17F3N2O2S. The summed E-state index contributed by atoms with van der Waals surface area (Å²) in [5.74, 6) is -2.86. The van der Waals surface area contributed by atoms with E-state index in [0.717, 1.165) is 0 Å². The number of alkyl halides is 3. The average Bonchev–Trinajstić information content (AvgIpc) is 2.60. The summed E-state index contributed by atoms with van der Waals surface area (Å²) in [6.45, 7) is -0.977. The summed E-state index contributed by atoms with van der Waals surface area (Å²) in [7, 11) is 0. The molecule has 4 nitrogen and oxygen atoms in total. The molecule has 0 saturated heterocycles. The molecule has 0 saturated carbocycles. The number of aromatic nitrogens is 1. The van der Waals surface area contributed by atoms with Gasteiger partial charge in [0.25, 0.3) is 0 Å². The number of pyridine rings is 1. The molecule has 2 rings (SSSR count). The van der Waals surface area contributed by atoms with Crippen LogP contribution in [0, 0.1) is 0 Å². The number of nitrogens with one attached hydrogen (secondary N) is 1. The zero-order valence-electron chi connectivity index (χ0n) is 12.5. The van der Waals surface area contributed by atoms with Gasteiger partial charge in [-0.15, -0.1) is 0 Å². The fourth-order valence-electron chi connectivity index (χ4n) is 1.94. The number of hydrogen-bond acceptors (Lipinski definition) is 4. The molecule has 1 aromatic heterocycles. The number of allylic oxidation sites excluding steroid dienone is 1. The van der Waals surface area contributed by atoms with Crippen molar-refractivity contribution in [3.63, 3.8) is 0 Å². The number of rotatable bonds is 7. The lowest BCUT2D eigenvalue weighted by Gasteiger charge is -2.21. The Morgan fingerprint density at radius 2 is 2.26 bits per heavy atom. The Morgan fingerprint density at radius 3 is 2.87 bits per heavy atom. The van der Waals surface area contributed by atoms with E-state index < -0.39 is 30.4 Å². The van der Waals surface area contributed by atoms with Gasteiger partial charge in [0, 0.05) is 12.4 Å². The van der Waals surface area contributed by atoms with Crippen molar-refractivity contribution in [2.45, 2.75) is 23.8 Å². The van der Waals surface area contributed by atoms with Crippen LogP contribution in [0.3, 0.4) is 0 Å². The van der Waals surface area contributed by atoms with Gasteiger partial charge in [0.2, 0.25) is 0 Å². The number of ether oxygens (including phenoxy) is 1. The highest BCUT2D eigenvalue weighted by atomic mass is 32.2. The smallest absolute Gasteiger partial charge is 0.309 e. The summed E-state index contributed by atoms with van der Waals surface area (Å²) in [4.78, 5) is 4.87. The molecule has 0 spiro atoms. The van der Waals surface area contributed by atoms with Crippen LogP contribution in [0.15, 0.2) is 47.3 Å². The van der Waals surface area contributed by atoms with Crippen LogP contribution < -0.4 is 5.32 Å². The van der Waals surface area contributed by atoms with E-state index >= 15 is 0 Å². The molecule has 2 unspecified atom stereocenters. The Balaban J connectivity index is 2.04. The highest BCUT2D eigenvalue weighted by Crippen LogP contribution is 2.25. The SMILES string of the molecule is CC[S+]([O-])c1cccnc1C1C=CC(OCC(F)(F)CF)=CN1. The second-order valence-electron chi connectivity index (χ2n) is 4.85. The Kier molecular flexibility index (Phi) is 5.95. The topological polar surface area (TPSA) is 57.2 Å². The average molecular weight is 346 g/mol. The fourth-order valence-corrected chi connectivity index (χ4v) is 2.89. The van der Waals surface area contributed by atoms with Crippen LogP contribution >= 0.6 is 0 Å². The molecule has 1 aliphatic heterocycles. The lowest BCUT2D eigenvalue weighted by molar-refractivity contribution is -0.0739. The van der Waals surface area contributed by atoms with Crippen molar-refractivity contribution in [3.05, 3.63) is 48.1 Å². The van der Waals surface area contributed by atoms with Gasteiger partial charge in [-0.3, -0.25) is 4.98 Å². The molecule has 0 radical (unpaired) electrons. The third-order valence-electron chi connectivity index (χ3n) is 3.11. The summed E-state index contributed by atoms with van der Waals surface area (Å²) in [5.41, 5.74) is 0.605. The number of nitrogens with zero attached hydrogens (tertiary/aromatic N) is 1. The van der Waals surface area contributed by atoms with E-state index in [1.54, 1.807) is 24.4 Å². The molecule has 1 aliphatic rings. The molecule has 2 heterocycles. The maximum Gasteiger partial charge on any atom is 0.309 e. The summed E-state index contributed by atoms with van der Waals surface area (Å²) < 4.78 is 54.6. The number of hydrogen-bond donors (Lipinski definition) is 1. The van der Waals surface area contributed by atoms with E-state index in [1.807, 2.05) is 6.92 Å². The molecule has 1 N–H and O–H groups in total. The van der Waals surface area contributed by atoms with E-state index in [9.17, 15) is 17.7 Å². The van der Waals surface area contributed by atoms with Crippen LogP contribution in [-0.2, 0) is 15.9 Å². The van der Waals surface area contributed by atoms with Gasteiger partial charge in [0.05, 0.1) is 6.04 Å². The second kappa shape index (κ2) is 7.74. The van der Waals surface area contributed by atoms with Gasteiger partial charge < -0.3 is 14.6 Å². The van der Waals surface area contributed by atoms with Crippen molar-refractivity contribution >= 4 is 11.2 Å². The zero-order chi connectivity index (χ0) is 16.9. The van der Waals surface area contributed by atoms with Gasteiger partial charge >= 0.3 is 5.92 Å². The van der Waals surface area contributed by atoms with Gasteiger partial charge in [0.1, 0.15) is 17.2 Å². The first-order valence-electron chi connectivity index (χ1n) is 7.01. The van der Waals surface area contributed by atoms with E-state index in [1.165, 1.54) is 12.3 Å². The van der Waals surface area contributed by atoms with Gasteiger partial charge in [-0.05, 0) is 36.3 Å². The molecule has 0 aromatic carbocycles. The Bertz CT molecular complexity index is 596. The van der Waals surface area contributed by atoms with Crippen molar-refractivity contribution in [1.82, 2.24) is 10.3 Å². The maximum atomic E-state index is 12.8. The largest absolute Gasteiger partial charge is 0.611 e. The summed E-state index contributed by atoms with van der Waals surface area (Å²) in [6, 6.07) is 3.12. The van der Waals surface area contributed by atoms with Crippen LogP contribution in [-0.4, -0.2) is 34.5 Å². The summed E-state index contributed by atoms with van der Waals surface area (Å²) in [5, 5.41) is 2.95. The molecule has 1 aromatic rings. The molecule has 23 heavy (non-hydrogen) atoms. The quantitative estimate of drug-likeness (QED) is 0.772. The highest BCUT2D eigenvalue weighted by Gasteiger charge is 2.30. The molecule has 0 fully saturated rings. The predicted octanol–water partition coefficient (Wildman–Crippen LogP) is 2.87. The van der Waals surface area contributed by atoms with E-state index in [4.69, 9.17) is 4.74 Å². The number of dihydropyridines is 1. The molecular weight excluding hydrogens is 329 g/mol. The van der Waals surface area contributed by atoms with Crippen LogP contribution in [0.25, 0.3) is 0 Å². The fraction of sp³-hybridized carbons (Fsp3) is 0.400. The highest BCUT2D eigenvalue weighted by molar-refractivity contribution is 7.91. The minimum Gasteiger partial charge on any atom is -0.611 e. The van der Waals surface area contributed by atoms with Crippen molar-refractivity contribution in [3.8, 4) is 0 Å². The number of halogens is 3. The molecule has 2 atom stereocenters. The zero-order valence-corrected chi connectivity index (χ0v) is 13.3. The van der Waals surface area contributed by atoms with Gasteiger partial charge in [-0.2, -0.15) is 8.78 Å². The van der Waals surface area contributed by atoms with E-state index in [2.05, 4.69) is 10.3 Å². The van der Waals surface area contributed by atoms with E-state index in [-0.39, 0.29) is 11.8 Å². The molecule has 126 valence electrons. The maximum absolute atomic E-state index is 12.8. The monoisotopic (exact) mass is 346 g/mol. The van der Waals surface area contributed by atoms with Crippen LogP contribution in [0.5, 0.6) is 0 Å². The predicted molar refractivity (Wildman–Crippen MR) is 81.2 cm³/mol. The first kappa shape index (κ1) is 17.7. The lowest BCUT2D eigenvalue weighted by Crippen LogP contribution is -2.27. The first-order valence-corrected chi connectivity index (χ1v) is 8.33. The Labute approximate surface area is 135 Å². The van der Waals surface area contributed by atoms with E-state index in [0.29, 0.717) is 16.3 Å². The summed E-state index contributed by atoms with van der Waals surface area (Å²) >= 11 is -1.16. The molecule has 0 bridgehead atoms.